The highest BCUT2D eigenvalue weighted by Crippen LogP contribution is 2.36. The highest BCUT2D eigenvalue weighted by Gasteiger charge is 2.37. The van der Waals surface area contributed by atoms with Crippen molar-refractivity contribution in [2.45, 2.75) is 78.3 Å². The summed E-state index contributed by atoms with van der Waals surface area (Å²) in [6, 6.07) is 16.9. The number of carbonyl (C=O) groups excluding carboxylic acids is 1. The van der Waals surface area contributed by atoms with E-state index < -0.39 is 8.07 Å². The summed E-state index contributed by atoms with van der Waals surface area (Å²) in [4.78, 5) is 13.9. The van der Waals surface area contributed by atoms with E-state index in [0.717, 1.165) is 42.7 Å². The van der Waals surface area contributed by atoms with Crippen molar-refractivity contribution in [1.29, 1.82) is 0 Å². The van der Waals surface area contributed by atoms with E-state index in [4.69, 9.17) is 9.47 Å². The number of hydrogen-bond acceptors (Lipinski definition) is 5. The zero-order valence-corrected chi connectivity index (χ0v) is 24.3. The zero-order valence-electron chi connectivity index (χ0n) is 23.3. The first-order valence-corrected chi connectivity index (χ1v) is 16.8. The molecule has 37 heavy (non-hydrogen) atoms. The molecule has 1 heterocycles. The van der Waals surface area contributed by atoms with Crippen LogP contribution in [0.3, 0.4) is 0 Å². The predicted octanol–water partition coefficient (Wildman–Crippen LogP) is 6.56. The molecule has 0 aromatic heterocycles. The Morgan fingerprint density at radius 2 is 1.78 bits per heavy atom. The molecule has 2 aromatic rings. The summed E-state index contributed by atoms with van der Waals surface area (Å²) >= 11 is 0. The fraction of sp³-hybridized carbons (Fsp3) is 0.452. The number of benzene rings is 2. The number of unbranched alkanes of at least 4 members (excludes halogenated alkanes) is 2. The smallest absolute Gasteiger partial charge is 0.305 e. The molecule has 1 aliphatic heterocycles. The number of nitrogens with zero attached hydrogens (tertiary/aromatic N) is 1. The van der Waals surface area contributed by atoms with Gasteiger partial charge in [-0.1, -0.05) is 55.9 Å². The normalized spacial score (nSPS) is 16.9. The Hall–Kier alpha value is -3.17. The molecule has 1 aliphatic rings. The number of hydrogen-bond donors (Lipinski definition) is 1. The Labute approximate surface area is 224 Å². The SMILES string of the molecule is CCOC(=O)CCCCCOc1ccccc1CN1C(C)=CNC1(C)c1ccc(C#C[Si](C)(C)C)cc1. The third kappa shape index (κ3) is 8.16. The molecule has 3 rings (SSSR count). The molecule has 0 fully saturated rings. The van der Waals surface area contributed by atoms with Crippen LogP contribution in [0, 0.1) is 11.5 Å². The largest absolute Gasteiger partial charge is 0.493 e. The van der Waals surface area contributed by atoms with Crippen molar-refractivity contribution in [3.63, 3.8) is 0 Å². The van der Waals surface area contributed by atoms with Crippen molar-refractivity contribution in [1.82, 2.24) is 10.2 Å². The van der Waals surface area contributed by atoms with Gasteiger partial charge in [-0.3, -0.25) is 4.79 Å². The number of allylic oxidation sites excluding steroid dienone is 1. The van der Waals surface area contributed by atoms with E-state index in [1.807, 2.05) is 19.1 Å². The number of nitrogens with one attached hydrogen (secondary N) is 1. The summed E-state index contributed by atoms with van der Waals surface area (Å²) in [5, 5.41) is 3.61. The van der Waals surface area contributed by atoms with E-state index in [0.29, 0.717) is 19.6 Å². The van der Waals surface area contributed by atoms with Gasteiger partial charge < -0.3 is 19.7 Å². The third-order valence-corrected chi connectivity index (χ3v) is 7.32. The van der Waals surface area contributed by atoms with Crippen LogP contribution in [-0.2, 0) is 21.7 Å². The van der Waals surface area contributed by atoms with Crippen molar-refractivity contribution < 1.29 is 14.3 Å². The van der Waals surface area contributed by atoms with Gasteiger partial charge in [0, 0.05) is 36.0 Å². The van der Waals surface area contributed by atoms with Gasteiger partial charge in [-0.15, -0.1) is 5.54 Å². The van der Waals surface area contributed by atoms with Crippen LogP contribution in [0.1, 0.15) is 63.1 Å². The molecule has 0 amide bonds. The fourth-order valence-corrected chi connectivity index (χ4v) is 4.84. The summed E-state index contributed by atoms with van der Waals surface area (Å²) in [7, 11) is -1.41. The van der Waals surface area contributed by atoms with Crippen LogP contribution in [0.4, 0.5) is 0 Å². The third-order valence-electron chi connectivity index (χ3n) is 6.45. The lowest BCUT2D eigenvalue weighted by molar-refractivity contribution is -0.143. The van der Waals surface area contributed by atoms with Crippen LogP contribution in [-0.4, -0.2) is 32.2 Å². The molecule has 198 valence electrons. The maximum atomic E-state index is 11.5. The second-order valence-electron chi connectivity index (χ2n) is 10.7. The van der Waals surface area contributed by atoms with Gasteiger partial charge in [0.15, 0.2) is 0 Å². The zero-order chi connectivity index (χ0) is 26.9. The summed E-state index contributed by atoms with van der Waals surface area (Å²) in [6.07, 6.45) is 5.24. The second-order valence-corrected chi connectivity index (χ2v) is 15.5. The quantitative estimate of drug-likeness (QED) is 0.158. The Morgan fingerprint density at radius 1 is 1.05 bits per heavy atom. The van der Waals surface area contributed by atoms with Crippen LogP contribution < -0.4 is 10.1 Å². The van der Waals surface area contributed by atoms with Crippen molar-refractivity contribution >= 4 is 14.0 Å². The van der Waals surface area contributed by atoms with E-state index >= 15 is 0 Å². The van der Waals surface area contributed by atoms with Crippen LogP contribution in [0.5, 0.6) is 5.75 Å². The average Bonchev–Trinajstić information content (AvgIpc) is 3.15. The number of esters is 1. The molecule has 1 N–H and O–H groups in total. The minimum absolute atomic E-state index is 0.117. The maximum absolute atomic E-state index is 11.5. The molecule has 0 bridgehead atoms. The molecule has 1 unspecified atom stereocenters. The van der Waals surface area contributed by atoms with Gasteiger partial charge in [-0.2, -0.15) is 0 Å². The monoisotopic (exact) mass is 518 g/mol. The number of para-hydroxylation sites is 1. The van der Waals surface area contributed by atoms with Gasteiger partial charge in [0.2, 0.25) is 0 Å². The molecule has 1 atom stereocenters. The highest BCUT2D eigenvalue weighted by molar-refractivity contribution is 6.83. The summed E-state index contributed by atoms with van der Waals surface area (Å²) in [5.41, 5.74) is 7.66. The highest BCUT2D eigenvalue weighted by atomic mass is 28.3. The van der Waals surface area contributed by atoms with Crippen LogP contribution >= 0.6 is 0 Å². The number of ether oxygens (including phenoxy) is 2. The fourth-order valence-electron chi connectivity index (χ4n) is 4.32. The number of rotatable bonds is 11. The molecule has 2 aromatic carbocycles. The summed E-state index contributed by atoms with van der Waals surface area (Å²) < 4.78 is 11.2. The van der Waals surface area contributed by atoms with E-state index in [2.05, 4.69) is 97.8 Å². The van der Waals surface area contributed by atoms with E-state index in [9.17, 15) is 4.79 Å². The maximum Gasteiger partial charge on any atom is 0.305 e. The topological polar surface area (TPSA) is 50.8 Å². The van der Waals surface area contributed by atoms with Gasteiger partial charge in [0.25, 0.3) is 0 Å². The van der Waals surface area contributed by atoms with Gasteiger partial charge in [-0.05, 0) is 63.8 Å². The summed E-state index contributed by atoms with van der Waals surface area (Å²) in [6.45, 7) is 14.8. The van der Waals surface area contributed by atoms with Gasteiger partial charge in [-0.25, -0.2) is 0 Å². The molecular formula is C31H42N2O3Si. The lowest BCUT2D eigenvalue weighted by Crippen LogP contribution is -2.46. The van der Waals surface area contributed by atoms with Gasteiger partial charge >= 0.3 is 5.97 Å². The Morgan fingerprint density at radius 3 is 2.49 bits per heavy atom. The van der Waals surface area contributed by atoms with E-state index in [1.54, 1.807) is 0 Å². The first-order chi connectivity index (χ1) is 17.6. The lowest BCUT2D eigenvalue weighted by Gasteiger charge is -2.39. The molecule has 0 aliphatic carbocycles. The molecule has 0 saturated heterocycles. The lowest BCUT2D eigenvalue weighted by atomic mass is 9.98. The van der Waals surface area contributed by atoms with Crippen molar-refractivity contribution in [2.75, 3.05) is 13.2 Å². The minimum Gasteiger partial charge on any atom is -0.493 e. The van der Waals surface area contributed by atoms with E-state index in [1.165, 1.54) is 11.3 Å². The first-order valence-electron chi connectivity index (χ1n) is 13.3. The van der Waals surface area contributed by atoms with Crippen LogP contribution in [0.25, 0.3) is 0 Å². The van der Waals surface area contributed by atoms with E-state index in [-0.39, 0.29) is 11.6 Å². The Balaban J connectivity index is 1.65. The molecule has 0 saturated carbocycles. The molecule has 5 nitrogen and oxygen atoms in total. The molecule has 0 radical (unpaired) electrons. The van der Waals surface area contributed by atoms with Crippen LogP contribution in [0.15, 0.2) is 60.4 Å². The molecule has 6 heteroatoms. The van der Waals surface area contributed by atoms with Gasteiger partial charge in [0.05, 0.1) is 13.2 Å². The predicted molar refractivity (Wildman–Crippen MR) is 153 cm³/mol. The van der Waals surface area contributed by atoms with Gasteiger partial charge in [0.1, 0.15) is 19.5 Å². The number of carbonyl (C=O) groups is 1. The average molecular weight is 519 g/mol. The van der Waals surface area contributed by atoms with Crippen molar-refractivity contribution in [3.8, 4) is 17.2 Å². The molecular weight excluding hydrogens is 476 g/mol. The second kappa shape index (κ2) is 12.9. The standard InChI is InChI=1S/C31H42N2O3Si/c1-7-35-30(34)15-9-8-12-21-36-29-14-11-10-13-27(29)24-33-25(2)23-32-31(33,3)28-18-16-26(17-19-28)20-22-37(4,5)6/h10-11,13-14,16-19,23,32H,7-9,12,15,21,24H2,1-6H3. The van der Waals surface area contributed by atoms with Crippen molar-refractivity contribution in [3.05, 3.63) is 77.1 Å². The summed E-state index contributed by atoms with van der Waals surface area (Å²) in [5.74, 6) is 4.14. The Kier molecular flexibility index (Phi) is 9.88. The van der Waals surface area contributed by atoms with Crippen LogP contribution in [0.2, 0.25) is 19.6 Å². The minimum atomic E-state index is -1.41. The van der Waals surface area contributed by atoms with Crippen molar-refractivity contribution in [2.24, 2.45) is 0 Å². The first kappa shape index (κ1) is 28.4. The molecule has 0 spiro atoms. The Bertz CT molecular complexity index is 1140.